The van der Waals surface area contributed by atoms with Crippen LogP contribution in [0, 0.1) is 0 Å². The summed E-state index contributed by atoms with van der Waals surface area (Å²) in [4.78, 5) is 11.4. The largest absolute Gasteiger partial charge is 0.349 e. The second-order valence-corrected chi connectivity index (χ2v) is 3.78. The molecule has 1 fully saturated rings. The zero-order valence-corrected chi connectivity index (χ0v) is 8.56. The fourth-order valence-electron chi connectivity index (χ4n) is 1.49. The van der Waals surface area contributed by atoms with E-state index >= 15 is 0 Å². The van der Waals surface area contributed by atoms with Gasteiger partial charge in [0, 0.05) is 0 Å². The number of nitrogens with one attached hydrogen (secondary N) is 2. The molecule has 1 aliphatic heterocycles. The number of carbonyl (C=O) groups excluding carboxylic acids is 1. The van der Waals surface area contributed by atoms with Crippen LogP contribution in [0.15, 0.2) is 0 Å². The van der Waals surface area contributed by atoms with Gasteiger partial charge in [-0.3, -0.25) is 4.79 Å². The summed E-state index contributed by atoms with van der Waals surface area (Å²) in [5.74, 6) is -3.37. The standard InChI is InChI=1S/C9H17F2N3O/c10-9(11,5-12)6-14-8(15)7-3-1-2-4-13-7/h7,13H,1-6,12H2,(H,14,15)/t7-/m1/s1. The van der Waals surface area contributed by atoms with Gasteiger partial charge in [0.25, 0.3) is 5.92 Å². The highest BCUT2D eigenvalue weighted by Crippen LogP contribution is 2.10. The molecular weight excluding hydrogens is 204 g/mol. The van der Waals surface area contributed by atoms with Crippen molar-refractivity contribution in [2.24, 2.45) is 5.73 Å². The van der Waals surface area contributed by atoms with Crippen molar-refractivity contribution in [1.82, 2.24) is 10.6 Å². The lowest BCUT2D eigenvalue weighted by atomic mass is 10.0. The molecule has 1 heterocycles. The van der Waals surface area contributed by atoms with E-state index in [-0.39, 0.29) is 11.9 Å². The molecule has 0 radical (unpaired) electrons. The van der Waals surface area contributed by atoms with Crippen molar-refractivity contribution < 1.29 is 13.6 Å². The first-order chi connectivity index (χ1) is 7.05. The second kappa shape index (κ2) is 5.37. The van der Waals surface area contributed by atoms with Gasteiger partial charge in [-0.2, -0.15) is 0 Å². The van der Waals surface area contributed by atoms with Gasteiger partial charge in [0.15, 0.2) is 0 Å². The van der Waals surface area contributed by atoms with Gasteiger partial charge in [-0.25, -0.2) is 8.78 Å². The molecular formula is C9H17F2N3O. The molecule has 4 nitrogen and oxygen atoms in total. The van der Waals surface area contributed by atoms with Gasteiger partial charge in [0.2, 0.25) is 5.91 Å². The van der Waals surface area contributed by atoms with E-state index in [1.807, 2.05) is 0 Å². The predicted octanol–water partition coefficient (Wildman–Crippen LogP) is -0.161. The Morgan fingerprint density at radius 1 is 1.53 bits per heavy atom. The third-order valence-corrected chi connectivity index (χ3v) is 2.45. The Hall–Kier alpha value is -0.750. The summed E-state index contributed by atoms with van der Waals surface area (Å²) in [5.41, 5.74) is 4.85. The van der Waals surface area contributed by atoms with Gasteiger partial charge in [-0.1, -0.05) is 6.42 Å². The highest BCUT2D eigenvalue weighted by atomic mass is 19.3. The van der Waals surface area contributed by atoms with E-state index in [1.54, 1.807) is 0 Å². The van der Waals surface area contributed by atoms with Gasteiger partial charge < -0.3 is 16.4 Å². The first-order valence-corrected chi connectivity index (χ1v) is 5.14. The summed E-state index contributed by atoms with van der Waals surface area (Å²) in [7, 11) is 0. The lowest BCUT2D eigenvalue weighted by molar-refractivity contribution is -0.125. The number of amides is 1. The van der Waals surface area contributed by atoms with Gasteiger partial charge in [-0.05, 0) is 19.4 Å². The molecule has 0 bridgehead atoms. The van der Waals surface area contributed by atoms with Crippen LogP contribution < -0.4 is 16.4 Å². The number of piperidine rings is 1. The number of rotatable bonds is 4. The van der Waals surface area contributed by atoms with Crippen LogP contribution >= 0.6 is 0 Å². The van der Waals surface area contributed by atoms with E-state index in [4.69, 9.17) is 5.73 Å². The van der Waals surface area contributed by atoms with Gasteiger partial charge in [0.05, 0.1) is 19.1 Å². The highest BCUT2D eigenvalue weighted by molar-refractivity contribution is 5.81. The molecule has 0 spiro atoms. The van der Waals surface area contributed by atoms with E-state index in [0.717, 1.165) is 19.4 Å². The molecule has 1 amide bonds. The Morgan fingerprint density at radius 3 is 2.80 bits per heavy atom. The average molecular weight is 221 g/mol. The molecule has 6 heteroatoms. The molecule has 0 saturated carbocycles. The summed E-state index contributed by atoms with van der Waals surface area (Å²) in [6.45, 7) is -0.655. The smallest absolute Gasteiger partial charge is 0.277 e. The van der Waals surface area contributed by atoms with Crippen LogP contribution in [0.1, 0.15) is 19.3 Å². The lowest BCUT2D eigenvalue weighted by Gasteiger charge is -2.23. The van der Waals surface area contributed by atoms with Gasteiger partial charge in [0.1, 0.15) is 0 Å². The number of hydrogen-bond acceptors (Lipinski definition) is 3. The van der Waals surface area contributed by atoms with Crippen LogP contribution in [0.25, 0.3) is 0 Å². The fourth-order valence-corrected chi connectivity index (χ4v) is 1.49. The minimum atomic E-state index is -3.01. The van der Waals surface area contributed by atoms with Gasteiger partial charge in [-0.15, -0.1) is 0 Å². The van der Waals surface area contributed by atoms with E-state index < -0.39 is 19.0 Å². The summed E-state index contributed by atoms with van der Waals surface area (Å²) in [6.07, 6.45) is 2.70. The molecule has 15 heavy (non-hydrogen) atoms. The van der Waals surface area contributed by atoms with Crippen molar-refractivity contribution in [2.75, 3.05) is 19.6 Å². The van der Waals surface area contributed by atoms with Crippen molar-refractivity contribution in [3.63, 3.8) is 0 Å². The average Bonchev–Trinajstić information content (AvgIpc) is 2.27. The SMILES string of the molecule is NCC(F)(F)CNC(=O)[C@H]1CCCCN1. The molecule has 0 aliphatic carbocycles. The van der Waals surface area contributed by atoms with E-state index in [9.17, 15) is 13.6 Å². The topological polar surface area (TPSA) is 67.1 Å². The molecule has 1 saturated heterocycles. The fraction of sp³-hybridized carbons (Fsp3) is 0.889. The molecule has 0 aromatic heterocycles. The number of halogens is 2. The zero-order chi connectivity index (χ0) is 11.3. The second-order valence-electron chi connectivity index (χ2n) is 3.78. The van der Waals surface area contributed by atoms with Crippen LogP contribution in [0.2, 0.25) is 0 Å². The number of carbonyl (C=O) groups is 1. The molecule has 1 atom stereocenters. The van der Waals surface area contributed by atoms with Crippen LogP contribution in [0.3, 0.4) is 0 Å². The van der Waals surface area contributed by atoms with Gasteiger partial charge >= 0.3 is 0 Å². The summed E-state index contributed by atoms with van der Waals surface area (Å²) < 4.78 is 25.4. The summed E-state index contributed by atoms with van der Waals surface area (Å²) in [5, 5.41) is 5.20. The quantitative estimate of drug-likeness (QED) is 0.618. The molecule has 0 aromatic rings. The molecule has 4 N–H and O–H groups in total. The first-order valence-electron chi connectivity index (χ1n) is 5.14. The van der Waals surface area contributed by atoms with E-state index in [2.05, 4.69) is 10.6 Å². The van der Waals surface area contributed by atoms with Crippen LogP contribution in [-0.4, -0.2) is 37.5 Å². The highest BCUT2D eigenvalue weighted by Gasteiger charge is 2.29. The van der Waals surface area contributed by atoms with Crippen LogP contribution in [-0.2, 0) is 4.79 Å². The number of hydrogen-bond donors (Lipinski definition) is 3. The Labute approximate surface area is 87.6 Å². The Morgan fingerprint density at radius 2 is 2.27 bits per heavy atom. The van der Waals surface area contributed by atoms with Crippen LogP contribution in [0.5, 0.6) is 0 Å². The van der Waals surface area contributed by atoms with Crippen molar-refractivity contribution in [1.29, 1.82) is 0 Å². The third kappa shape index (κ3) is 4.09. The third-order valence-electron chi connectivity index (χ3n) is 2.45. The number of alkyl halides is 2. The maximum atomic E-state index is 12.7. The zero-order valence-electron chi connectivity index (χ0n) is 8.56. The molecule has 0 unspecified atom stereocenters. The van der Waals surface area contributed by atoms with Crippen molar-refractivity contribution >= 4 is 5.91 Å². The minimum absolute atomic E-state index is 0.327. The minimum Gasteiger partial charge on any atom is -0.349 e. The van der Waals surface area contributed by atoms with Crippen molar-refractivity contribution in [3.05, 3.63) is 0 Å². The molecule has 1 rings (SSSR count). The molecule has 0 aromatic carbocycles. The first kappa shape index (κ1) is 12.3. The van der Waals surface area contributed by atoms with E-state index in [1.165, 1.54) is 0 Å². The summed E-state index contributed by atoms with van der Waals surface area (Å²) in [6, 6.07) is -0.327. The number of nitrogens with two attached hydrogens (primary N) is 1. The molecule has 88 valence electrons. The van der Waals surface area contributed by atoms with Crippen molar-refractivity contribution in [2.45, 2.75) is 31.2 Å². The summed E-state index contributed by atoms with van der Waals surface area (Å²) >= 11 is 0. The maximum Gasteiger partial charge on any atom is 0.277 e. The lowest BCUT2D eigenvalue weighted by Crippen LogP contribution is -2.50. The van der Waals surface area contributed by atoms with Crippen molar-refractivity contribution in [3.8, 4) is 0 Å². The molecule has 1 aliphatic rings. The van der Waals surface area contributed by atoms with E-state index in [0.29, 0.717) is 6.42 Å². The predicted molar refractivity (Wildman–Crippen MR) is 52.7 cm³/mol. The Bertz CT molecular complexity index is 217. The van der Waals surface area contributed by atoms with Crippen LogP contribution in [0.4, 0.5) is 8.78 Å². The maximum absolute atomic E-state index is 12.7. The monoisotopic (exact) mass is 221 g/mol. The normalized spacial score (nSPS) is 22.5. The Kier molecular flexibility index (Phi) is 4.41. The Balaban J connectivity index is 2.28.